The number of nitrogens with zero attached hydrogens (tertiary/aromatic N) is 3. The number of rotatable bonds is 6. The van der Waals surface area contributed by atoms with E-state index in [1.807, 2.05) is 4.68 Å². The van der Waals surface area contributed by atoms with Crippen molar-refractivity contribution in [1.29, 1.82) is 0 Å². The molecule has 1 aliphatic rings. The smallest absolute Gasteiger partial charge is 0.137 e. The Morgan fingerprint density at radius 1 is 1.56 bits per heavy atom. The quantitative estimate of drug-likeness (QED) is 0.798. The van der Waals surface area contributed by atoms with E-state index in [2.05, 4.69) is 29.2 Å². The highest BCUT2D eigenvalue weighted by molar-refractivity contribution is 4.99. The second kappa shape index (κ2) is 5.80. The fraction of sp³-hybridized carbons (Fsp3) is 0.846. The normalized spacial score (nSPS) is 28.1. The van der Waals surface area contributed by atoms with Gasteiger partial charge in [-0.1, -0.05) is 20.3 Å². The lowest BCUT2D eigenvalue weighted by atomic mass is 9.84. The lowest BCUT2D eigenvalue weighted by molar-refractivity contribution is 0.108. The van der Waals surface area contributed by atoms with Crippen LogP contribution in [0.1, 0.15) is 39.5 Å². The lowest BCUT2D eigenvalue weighted by Gasteiger charge is -2.37. The van der Waals surface area contributed by atoms with Gasteiger partial charge in [0.2, 0.25) is 0 Å². The first kappa shape index (κ1) is 13.5. The summed E-state index contributed by atoms with van der Waals surface area (Å²) in [5.74, 6) is 0.522. The monoisotopic (exact) mass is 252 g/mol. The molecule has 18 heavy (non-hydrogen) atoms. The van der Waals surface area contributed by atoms with E-state index in [1.165, 1.54) is 12.8 Å². The second-order valence-electron chi connectivity index (χ2n) is 5.65. The first-order valence-electron chi connectivity index (χ1n) is 6.87. The molecule has 0 radical (unpaired) electrons. The van der Waals surface area contributed by atoms with Crippen LogP contribution >= 0.6 is 0 Å². The summed E-state index contributed by atoms with van der Waals surface area (Å²) >= 11 is 0. The molecule has 2 rings (SSSR count). The first-order valence-corrected chi connectivity index (χ1v) is 6.87. The minimum atomic E-state index is -0.0885. The topological polar surface area (TPSA) is 63.0 Å². The van der Waals surface area contributed by atoms with Crippen LogP contribution in [0.4, 0.5) is 0 Å². The van der Waals surface area contributed by atoms with Crippen molar-refractivity contribution in [2.45, 2.75) is 57.7 Å². The molecule has 5 heteroatoms. The Morgan fingerprint density at radius 3 is 3.00 bits per heavy atom. The number of aliphatic hydroxyl groups is 1. The zero-order valence-corrected chi connectivity index (χ0v) is 11.3. The van der Waals surface area contributed by atoms with E-state index in [9.17, 15) is 5.11 Å². The molecule has 1 saturated carbocycles. The minimum absolute atomic E-state index is 0.0885. The maximum absolute atomic E-state index is 9.80. The van der Waals surface area contributed by atoms with Crippen molar-refractivity contribution in [2.75, 3.05) is 6.61 Å². The zero-order chi connectivity index (χ0) is 13.0. The van der Waals surface area contributed by atoms with Gasteiger partial charge in [0.25, 0.3) is 0 Å². The van der Waals surface area contributed by atoms with Crippen LogP contribution in [0.25, 0.3) is 0 Å². The van der Waals surface area contributed by atoms with Crippen molar-refractivity contribution in [1.82, 2.24) is 20.1 Å². The maximum atomic E-state index is 9.80. The molecular weight excluding hydrogens is 228 g/mol. The Hall–Kier alpha value is -0.940. The van der Waals surface area contributed by atoms with Crippen LogP contribution in [-0.2, 0) is 6.54 Å². The van der Waals surface area contributed by atoms with Gasteiger partial charge in [-0.3, -0.25) is 4.68 Å². The van der Waals surface area contributed by atoms with Gasteiger partial charge in [-0.2, -0.15) is 5.10 Å². The van der Waals surface area contributed by atoms with Gasteiger partial charge in [-0.05, 0) is 25.2 Å². The average Bonchev–Trinajstić information content (AvgIpc) is 2.95. The second-order valence-corrected chi connectivity index (χ2v) is 5.65. The highest BCUT2D eigenvalue weighted by atomic mass is 16.3. The van der Waals surface area contributed by atoms with E-state index in [4.69, 9.17) is 0 Å². The van der Waals surface area contributed by atoms with Crippen LogP contribution in [0, 0.1) is 5.92 Å². The fourth-order valence-electron chi connectivity index (χ4n) is 3.22. The van der Waals surface area contributed by atoms with Crippen molar-refractivity contribution >= 4 is 0 Å². The van der Waals surface area contributed by atoms with Crippen LogP contribution in [0.3, 0.4) is 0 Å². The Balaban J connectivity index is 1.96. The number of aryl methyl sites for hydroxylation is 1. The molecule has 1 aliphatic carbocycles. The van der Waals surface area contributed by atoms with Gasteiger partial charge in [-0.25, -0.2) is 4.98 Å². The van der Waals surface area contributed by atoms with E-state index in [0.29, 0.717) is 12.0 Å². The SMILES string of the molecule is CC(C)NC1(CO)CCCC1CCn1cncn1. The van der Waals surface area contributed by atoms with Gasteiger partial charge in [0, 0.05) is 18.1 Å². The van der Waals surface area contributed by atoms with E-state index in [-0.39, 0.29) is 12.1 Å². The van der Waals surface area contributed by atoms with Crippen LogP contribution in [0.5, 0.6) is 0 Å². The molecule has 0 saturated heterocycles. The van der Waals surface area contributed by atoms with Crippen molar-refractivity contribution in [2.24, 2.45) is 5.92 Å². The van der Waals surface area contributed by atoms with Crippen molar-refractivity contribution in [3.63, 3.8) is 0 Å². The minimum Gasteiger partial charge on any atom is -0.394 e. The van der Waals surface area contributed by atoms with Crippen molar-refractivity contribution in [3.05, 3.63) is 12.7 Å². The molecule has 2 N–H and O–H groups in total. The molecule has 0 bridgehead atoms. The molecule has 1 aromatic rings. The lowest BCUT2D eigenvalue weighted by Crippen LogP contribution is -2.54. The summed E-state index contributed by atoms with van der Waals surface area (Å²) < 4.78 is 1.87. The zero-order valence-electron chi connectivity index (χ0n) is 11.3. The predicted octanol–water partition coefficient (Wildman–Crippen LogP) is 1.20. The summed E-state index contributed by atoms with van der Waals surface area (Å²) in [5.41, 5.74) is -0.0885. The van der Waals surface area contributed by atoms with Gasteiger partial charge in [0.1, 0.15) is 12.7 Å². The number of nitrogens with one attached hydrogen (secondary N) is 1. The molecular formula is C13H24N4O. The Morgan fingerprint density at radius 2 is 2.39 bits per heavy atom. The van der Waals surface area contributed by atoms with E-state index < -0.39 is 0 Å². The summed E-state index contributed by atoms with van der Waals surface area (Å²) in [4.78, 5) is 3.96. The number of aromatic nitrogens is 3. The molecule has 1 fully saturated rings. The molecule has 1 aromatic heterocycles. The third kappa shape index (κ3) is 2.90. The number of aliphatic hydroxyl groups excluding tert-OH is 1. The van der Waals surface area contributed by atoms with Crippen molar-refractivity contribution in [3.8, 4) is 0 Å². The predicted molar refractivity (Wildman–Crippen MR) is 70.1 cm³/mol. The van der Waals surface area contributed by atoms with E-state index in [1.54, 1.807) is 12.7 Å². The highest BCUT2D eigenvalue weighted by Gasteiger charge is 2.42. The molecule has 102 valence electrons. The molecule has 0 spiro atoms. The van der Waals surface area contributed by atoms with E-state index in [0.717, 1.165) is 19.4 Å². The van der Waals surface area contributed by atoms with Gasteiger partial charge in [-0.15, -0.1) is 0 Å². The van der Waals surface area contributed by atoms with Crippen LogP contribution in [-0.4, -0.2) is 38.1 Å². The average molecular weight is 252 g/mol. The van der Waals surface area contributed by atoms with Crippen LogP contribution in [0.15, 0.2) is 12.7 Å². The standard InChI is InChI=1S/C13H24N4O/c1-11(2)16-13(8-18)6-3-4-12(13)5-7-17-10-14-9-15-17/h9-12,16,18H,3-8H2,1-2H3. The van der Waals surface area contributed by atoms with Gasteiger partial charge in [0.15, 0.2) is 0 Å². The third-order valence-electron chi connectivity index (χ3n) is 3.99. The molecule has 2 atom stereocenters. The molecule has 1 heterocycles. The third-order valence-corrected chi connectivity index (χ3v) is 3.99. The van der Waals surface area contributed by atoms with E-state index >= 15 is 0 Å². The fourth-order valence-corrected chi connectivity index (χ4v) is 3.22. The van der Waals surface area contributed by atoms with Gasteiger partial charge >= 0.3 is 0 Å². The Kier molecular flexibility index (Phi) is 4.35. The van der Waals surface area contributed by atoms with Crippen molar-refractivity contribution < 1.29 is 5.11 Å². The molecule has 0 aromatic carbocycles. The summed E-state index contributed by atoms with van der Waals surface area (Å²) in [6.07, 6.45) is 7.83. The van der Waals surface area contributed by atoms with Gasteiger partial charge in [0.05, 0.1) is 6.61 Å². The highest BCUT2D eigenvalue weighted by Crippen LogP contribution is 2.38. The number of hydrogen-bond acceptors (Lipinski definition) is 4. The first-order chi connectivity index (χ1) is 8.66. The molecule has 0 aliphatic heterocycles. The summed E-state index contributed by atoms with van der Waals surface area (Å²) in [6, 6.07) is 0.407. The molecule has 0 amide bonds. The largest absolute Gasteiger partial charge is 0.394 e. The number of hydrogen-bond donors (Lipinski definition) is 2. The maximum Gasteiger partial charge on any atom is 0.137 e. The summed E-state index contributed by atoms with van der Waals surface area (Å²) in [7, 11) is 0. The van der Waals surface area contributed by atoms with Crippen LogP contribution in [0.2, 0.25) is 0 Å². The summed E-state index contributed by atoms with van der Waals surface area (Å²) in [6.45, 7) is 5.40. The Labute approximate surface area is 109 Å². The molecule has 2 unspecified atom stereocenters. The molecule has 5 nitrogen and oxygen atoms in total. The Bertz CT molecular complexity index is 352. The van der Waals surface area contributed by atoms with Gasteiger partial charge < -0.3 is 10.4 Å². The van der Waals surface area contributed by atoms with Crippen LogP contribution < -0.4 is 5.32 Å². The summed E-state index contributed by atoms with van der Waals surface area (Å²) in [5, 5.41) is 17.5.